The maximum absolute atomic E-state index is 12.9. The van der Waals surface area contributed by atoms with Crippen molar-refractivity contribution in [2.24, 2.45) is 11.8 Å². The quantitative estimate of drug-likeness (QED) is 0.795. The lowest BCUT2D eigenvalue weighted by atomic mass is 9.94. The first-order valence-corrected chi connectivity index (χ1v) is 10.5. The van der Waals surface area contributed by atoms with Crippen LogP contribution in [0.25, 0.3) is 0 Å². The lowest BCUT2D eigenvalue weighted by Crippen LogP contribution is -2.54. The van der Waals surface area contributed by atoms with Crippen molar-refractivity contribution in [2.75, 3.05) is 39.3 Å². The normalized spacial score (nSPS) is 21.9. The van der Waals surface area contributed by atoms with E-state index < -0.39 is 0 Å². The van der Waals surface area contributed by atoms with E-state index in [0.29, 0.717) is 57.9 Å². The highest BCUT2D eigenvalue weighted by Gasteiger charge is 2.34. The summed E-state index contributed by atoms with van der Waals surface area (Å²) in [5.74, 6) is 0.895. The summed E-state index contributed by atoms with van der Waals surface area (Å²) < 4.78 is 5.19. The van der Waals surface area contributed by atoms with E-state index in [2.05, 4.69) is 0 Å². The van der Waals surface area contributed by atoms with Gasteiger partial charge in [0.15, 0.2) is 5.76 Å². The van der Waals surface area contributed by atoms with Gasteiger partial charge < -0.3 is 19.1 Å². The molecule has 2 aliphatic heterocycles. The summed E-state index contributed by atoms with van der Waals surface area (Å²) in [6.07, 6.45) is 7.24. The third kappa shape index (κ3) is 3.93. The topological polar surface area (TPSA) is 74.1 Å². The van der Waals surface area contributed by atoms with Gasteiger partial charge in [-0.2, -0.15) is 0 Å². The van der Waals surface area contributed by atoms with E-state index in [-0.39, 0.29) is 29.6 Å². The maximum atomic E-state index is 12.9. The van der Waals surface area contributed by atoms with Crippen LogP contribution in [0.2, 0.25) is 0 Å². The standard InChI is InChI=1S/C21H29N3O4/c25-19(16-4-1-2-5-16)23-11-13-24(14-12-23)20(26)17-7-9-22(10-8-17)21(27)18-6-3-15-28-18/h3,6,15-17H,1-2,4-5,7-14H2. The Labute approximate surface area is 165 Å². The fraction of sp³-hybridized carbons (Fsp3) is 0.667. The molecule has 7 nitrogen and oxygen atoms in total. The van der Waals surface area contributed by atoms with Crippen LogP contribution in [-0.2, 0) is 9.59 Å². The van der Waals surface area contributed by atoms with E-state index >= 15 is 0 Å². The Morgan fingerprint density at radius 1 is 0.750 bits per heavy atom. The van der Waals surface area contributed by atoms with E-state index in [1.165, 1.54) is 6.26 Å². The van der Waals surface area contributed by atoms with E-state index in [9.17, 15) is 14.4 Å². The molecule has 4 rings (SSSR count). The van der Waals surface area contributed by atoms with Crippen LogP contribution in [-0.4, -0.2) is 71.7 Å². The number of carbonyl (C=O) groups excluding carboxylic acids is 3. The van der Waals surface area contributed by atoms with Gasteiger partial charge in [-0.3, -0.25) is 14.4 Å². The molecule has 152 valence electrons. The Hall–Kier alpha value is -2.31. The Kier molecular flexibility index (Phi) is 5.69. The van der Waals surface area contributed by atoms with Gasteiger partial charge in [-0.1, -0.05) is 12.8 Å². The first-order valence-electron chi connectivity index (χ1n) is 10.5. The maximum Gasteiger partial charge on any atom is 0.289 e. The highest BCUT2D eigenvalue weighted by molar-refractivity contribution is 5.91. The molecule has 28 heavy (non-hydrogen) atoms. The van der Waals surface area contributed by atoms with Gasteiger partial charge >= 0.3 is 0 Å². The number of hydrogen-bond donors (Lipinski definition) is 0. The van der Waals surface area contributed by atoms with Gasteiger partial charge in [-0.05, 0) is 37.8 Å². The average Bonchev–Trinajstić information content (AvgIpc) is 3.47. The largest absolute Gasteiger partial charge is 0.459 e. The van der Waals surface area contributed by atoms with Gasteiger partial charge in [-0.15, -0.1) is 0 Å². The fourth-order valence-corrected chi connectivity index (χ4v) is 4.72. The minimum absolute atomic E-state index is 0.0299. The second kappa shape index (κ2) is 8.37. The molecule has 3 fully saturated rings. The molecule has 2 saturated heterocycles. The van der Waals surface area contributed by atoms with Crippen molar-refractivity contribution in [1.82, 2.24) is 14.7 Å². The lowest BCUT2D eigenvalue weighted by molar-refractivity contribution is -0.144. The molecule has 3 amide bonds. The summed E-state index contributed by atoms with van der Waals surface area (Å²) in [7, 11) is 0. The van der Waals surface area contributed by atoms with Gasteiger partial charge in [0.2, 0.25) is 11.8 Å². The average molecular weight is 387 g/mol. The number of furan rings is 1. The molecule has 0 unspecified atom stereocenters. The third-order valence-corrected chi connectivity index (χ3v) is 6.47. The molecule has 0 atom stereocenters. The first-order chi connectivity index (χ1) is 13.6. The second-order valence-corrected chi connectivity index (χ2v) is 8.18. The zero-order chi connectivity index (χ0) is 19.5. The van der Waals surface area contributed by atoms with Gasteiger partial charge in [0.25, 0.3) is 5.91 Å². The molecule has 1 saturated carbocycles. The number of nitrogens with zero attached hydrogens (tertiary/aromatic N) is 3. The summed E-state index contributed by atoms with van der Waals surface area (Å²) in [6, 6.07) is 3.38. The zero-order valence-corrected chi connectivity index (χ0v) is 16.3. The number of likely N-dealkylation sites (tertiary alicyclic amines) is 1. The summed E-state index contributed by atoms with van der Waals surface area (Å²) in [6.45, 7) is 3.71. The third-order valence-electron chi connectivity index (χ3n) is 6.47. The van der Waals surface area contributed by atoms with Crippen LogP contribution < -0.4 is 0 Å². The van der Waals surface area contributed by atoms with Crippen molar-refractivity contribution in [3.8, 4) is 0 Å². The van der Waals surface area contributed by atoms with Gasteiger partial charge in [0.05, 0.1) is 6.26 Å². The van der Waals surface area contributed by atoms with Crippen LogP contribution in [0.4, 0.5) is 0 Å². The van der Waals surface area contributed by atoms with Gasteiger partial charge in [0.1, 0.15) is 0 Å². The number of hydrogen-bond acceptors (Lipinski definition) is 4. The Morgan fingerprint density at radius 2 is 1.29 bits per heavy atom. The Morgan fingerprint density at radius 3 is 1.79 bits per heavy atom. The molecule has 7 heteroatoms. The summed E-state index contributed by atoms with van der Waals surface area (Å²) in [5.41, 5.74) is 0. The summed E-state index contributed by atoms with van der Waals surface area (Å²) in [5, 5.41) is 0. The lowest BCUT2D eigenvalue weighted by Gasteiger charge is -2.39. The molecule has 1 aromatic rings. The van der Waals surface area contributed by atoms with Crippen LogP contribution in [0, 0.1) is 11.8 Å². The molecule has 0 bridgehead atoms. The number of amides is 3. The Bertz CT molecular complexity index is 695. The predicted molar refractivity (Wildman–Crippen MR) is 102 cm³/mol. The molecule has 1 aromatic heterocycles. The second-order valence-electron chi connectivity index (χ2n) is 8.18. The van der Waals surface area contributed by atoms with Crippen molar-refractivity contribution in [2.45, 2.75) is 38.5 Å². The van der Waals surface area contributed by atoms with Crippen LogP contribution in [0.15, 0.2) is 22.8 Å². The smallest absolute Gasteiger partial charge is 0.289 e. The SMILES string of the molecule is O=C(c1ccco1)N1CCC(C(=O)N2CCN(C(=O)C3CCCC3)CC2)CC1. The number of rotatable bonds is 3. The number of carbonyl (C=O) groups is 3. The monoisotopic (exact) mass is 387 g/mol. The minimum atomic E-state index is -0.102. The highest BCUT2D eigenvalue weighted by Crippen LogP contribution is 2.27. The predicted octanol–water partition coefficient (Wildman–Crippen LogP) is 1.99. The number of piperazine rings is 1. The Balaban J connectivity index is 1.24. The zero-order valence-electron chi connectivity index (χ0n) is 16.3. The van der Waals surface area contributed by atoms with Crippen LogP contribution in [0.1, 0.15) is 49.1 Å². The minimum Gasteiger partial charge on any atom is -0.459 e. The summed E-state index contributed by atoms with van der Waals surface area (Å²) >= 11 is 0. The molecular formula is C21H29N3O4. The van der Waals surface area contributed by atoms with Gasteiger partial charge in [0, 0.05) is 51.1 Å². The van der Waals surface area contributed by atoms with Crippen molar-refractivity contribution >= 4 is 17.7 Å². The molecule has 1 aliphatic carbocycles. The van der Waals surface area contributed by atoms with Crippen LogP contribution in [0.5, 0.6) is 0 Å². The molecular weight excluding hydrogens is 358 g/mol. The molecule has 3 aliphatic rings. The van der Waals surface area contributed by atoms with E-state index in [4.69, 9.17) is 4.42 Å². The first kappa shape index (κ1) is 19.0. The van der Waals surface area contributed by atoms with Crippen LogP contribution in [0.3, 0.4) is 0 Å². The fourth-order valence-electron chi connectivity index (χ4n) is 4.72. The van der Waals surface area contributed by atoms with Gasteiger partial charge in [-0.25, -0.2) is 0 Å². The van der Waals surface area contributed by atoms with E-state index in [1.807, 2.05) is 9.80 Å². The molecule has 0 radical (unpaired) electrons. The van der Waals surface area contributed by atoms with Crippen molar-refractivity contribution in [3.05, 3.63) is 24.2 Å². The van der Waals surface area contributed by atoms with Crippen molar-refractivity contribution < 1.29 is 18.8 Å². The van der Waals surface area contributed by atoms with E-state index in [0.717, 1.165) is 25.7 Å². The highest BCUT2D eigenvalue weighted by atomic mass is 16.3. The molecule has 0 N–H and O–H groups in total. The van der Waals surface area contributed by atoms with E-state index in [1.54, 1.807) is 17.0 Å². The molecule has 0 spiro atoms. The molecule has 0 aromatic carbocycles. The molecule has 3 heterocycles. The van der Waals surface area contributed by atoms with Crippen molar-refractivity contribution in [3.63, 3.8) is 0 Å². The van der Waals surface area contributed by atoms with Crippen LogP contribution >= 0.6 is 0 Å². The van der Waals surface area contributed by atoms with Crippen molar-refractivity contribution in [1.29, 1.82) is 0 Å². The number of piperidine rings is 1. The summed E-state index contributed by atoms with van der Waals surface area (Å²) in [4.78, 5) is 43.4.